The van der Waals surface area contributed by atoms with Crippen molar-refractivity contribution in [1.29, 1.82) is 0 Å². The van der Waals surface area contributed by atoms with Crippen LogP contribution in [-0.4, -0.2) is 25.0 Å². The third-order valence-electron chi connectivity index (χ3n) is 2.67. The van der Waals surface area contributed by atoms with Gasteiger partial charge in [-0.25, -0.2) is 0 Å². The van der Waals surface area contributed by atoms with Gasteiger partial charge in [-0.1, -0.05) is 31.0 Å². The fourth-order valence-corrected chi connectivity index (χ4v) is 1.81. The largest absolute Gasteiger partial charge is 0.492 e. The number of amides is 2. The average Bonchev–Trinajstić information content (AvgIpc) is 2.41. The molecule has 6 heteroatoms. The van der Waals surface area contributed by atoms with Gasteiger partial charge in [0.05, 0.1) is 11.6 Å². The summed E-state index contributed by atoms with van der Waals surface area (Å²) in [5.74, 6) is -1.11. The molecule has 110 valence electrons. The van der Waals surface area contributed by atoms with E-state index < -0.39 is 11.8 Å². The lowest BCUT2D eigenvalue weighted by atomic mass is 10.1. The third kappa shape index (κ3) is 5.48. The first kappa shape index (κ1) is 16.3. The monoisotopic (exact) mass is 298 g/mol. The van der Waals surface area contributed by atoms with Crippen LogP contribution in [0.4, 0.5) is 0 Å². The molecule has 3 N–H and O–H groups in total. The molecule has 0 saturated heterocycles. The van der Waals surface area contributed by atoms with Crippen molar-refractivity contribution in [2.45, 2.75) is 26.2 Å². The van der Waals surface area contributed by atoms with Crippen LogP contribution < -0.4 is 15.8 Å². The van der Waals surface area contributed by atoms with Crippen molar-refractivity contribution in [2.75, 3.05) is 13.2 Å². The van der Waals surface area contributed by atoms with Crippen LogP contribution in [0.3, 0.4) is 0 Å². The second-order valence-corrected chi connectivity index (χ2v) is 4.74. The number of ether oxygens (including phenoxy) is 1. The molecule has 0 aliphatic heterocycles. The van der Waals surface area contributed by atoms with Gasteiger partial charge in [0.15, 0.2) is 0 Å². The fourth-order valence-electron chi connectivity index (χ4n) is 1.55. The molecule has 0 heterocycles. The van der Waals surface area contributed by atoms with Crippen LogP contribution in [0, 0.1) is 0 Å². The van der Waals surface area contributed by atoms with E-state index in [1.54, 1.807) is 6.07 Å². The second kappa shape index (κ2) is 8.43. The molecular formula is C14H19ClN2O3. The van der Waals surface area contributed by atoms with Gasteiger partial charge in [0.1, 0.15) is 5.75 Å². The predicted molar refractivity (Wildman–Crippen MR) is 77.8 cm³/mol. The summed E-state index contributed by atoms with van der Waals surface area (Å²) in [5.41, 5.74) is 5.78. The molecule has 0 aromatic heterocycles. The minimum Gasteiger partial charge on any atom is -0.492 e. The van der Waals surface area contributed by atoms with Gasteiger partial charge in [-0.3, -0.25) is 9.59 Å². The van der Waals surface area contributed by atoms with Gasteiger partial charge in [0, 0.05) is 6.54 Å². The van der Waals surface area contributed by atoms with E-state index in [-0.39, 0.29) is 0 Å². The van der Waals surface area contributed by atoms with Crippen LogP contribution in [0.2, 0.25) is 5.02 Å². The minimum absolute atomic E-state index is 0.328. The molecule has 0 unspecified atom stereocenters. The number of hydrogen-bond acceptors (Lipinski definition) is 3. The lowest BCUT2D eigenvalue weighted by molar-refractivity contribution is -0.137. The molecule has 0 atom stereocenters. The van der Waals surface area contributed by atoms with Gasteiger partial charge in [-0.05, 0) is 30.5 Å². The smallest absolute Gasteiger partial charge is 0.309 e. The first-order chi connectivity index (χ1) is 9.54. The summed E-state index contributed by atoms with van der Waals surface area (Å²) >= 11 is 6.11. The molecule has 1 aromatic rings. The van der Waals surface area contributed by atoms with Gasteiger partial charge >= 0.3 is 11.8 Å². The van der Waals surface area contributed by atoms with Crippen LogP contribution >= 0.6 is 11.6 Å². The highest BCUT2D eigenvalue weighted by atomic mass is 35.5. The molecule has 1 rings (SSSR count). The maximum Gasteiger partial charge on any atom is 0.309 e. The summed E-state index contributed by atoms with van der Waals surface area (Å²) in [6.07, 6.45) is 2.61. The molecule has 0 radical (unpaired) electrons. The van der Waals surface area contributed by atoms with Gasteiger partial charge in [-0.15, -0.1) is 0 Å². The molecule has 0 aliphatic rings. The fraction of sp³-hybridized carbons (Fsp3) is 0.429. The van der Waals surface area contributed by atoms with E-state index in [9.17, 15) is 9.59 Å². The number of carbonyl (C=O) groups excluding carboxylic acids is 2. The molecule has 2 amide bonds. The zero-order valence-electron chi connectivity index (χ0n) is 11.4. The van der Waals surface area contributed by atoms with E-state index in [2.05, 4.69) is 12.2 Å². The topological polar surface area (TPSA) is 81.4 Å². The van der Waals surface area contributed by atoms with Crippen LogP contribution in [0.15, 0.2) is 18.2 Å². The standard InChI is InChI=1S/C14H19ClN2O3/c1-2-3-8-20-12-5-4-10(9-11(12)15)6-7-17-14(19)13(16)18/h4-5,9H,2-3,6-8H2,1H3,(H2,16,18)(H,17,19). The lowest BCUT2D eigenvalue weighted by Crippen LogP contribution is -2.37. The first-order valence-electron chi connectivity index (χ1n) is 6.53. The van der Waals surface area contributed by atoms with E-state index >= 15 is 0 Å². The number of rotatable bonds is 7. The SMILES string of the molecule is CCCCOc1ccc(CCNC(=O)C(N)=O)cc1Cl. The van der Waals surface area contributed by atoms with Crippen LogP contribution in [0.25, 0.3) is 0 Å². The Hall–Kier alpha value is -1.75. The Balaban J connectivity index is 2.46. The van der Waals surface area contributed by atoms with Gasteiger partial charge < -0.3 is 15.8 Å². The summed E-state index contributed by atoms with van der Waals surface area (Å²) in [6, 6.07) is 5.48. The Bertz CT molecular complexity index is 477. The van der Waals surface area contributed by atoms with Gasteiger partial charge in [0.2, 0.25) is 0 Å². The average molecular weight is 299 g/mol. The normalized spacial score (nSPS) is 10.1. The third-order valence-corrected chi connectivity index (χ3v) is 2.97. The van der Waals surface area contributed by atoms with E-state index in [4.69, 9.17) is 22.1 Å². The Kier molecular flexibility index (Phi) is 6.87. The van der Waals surface area contributed by atoms with Crippen LogP contribution in [0.5, 0.6) is 5.75 Å². The van der Waals surface area contributed by atoms with Crippen molar-refractivity contribution >= 4 is 23.4 Å². The van der Waals surface area contributed by atoms with Crippen molar-refractivity contribution in [3.05, 3.63) is 28.8 Å². The summed E-state index contributed by atoms with van der Waals surface area (Å²) < 4.78 is 5.54. The summed E-state index contributed by atoms with van der Waals surface area (Å²) in [6.45, 7) is 3.06. The molecule has 1 aromatic carbocycles. The molecule has 0 spiro atoms. The Morgan fingerprint density at radius 3 is 2.75 bits per heavy atom. The zero-order valence-corrected chi connectivity index (χ0v) is 12.2. The Labute approximate surface area is 123 Å². The predicted octanol–water partition coefficient (Wildman–Crippen LogP) is 1.66. The van der Waals surface area contributed by atoms with Crippen molar-refractivity contribution in [1.82, 2.24) is 5.32 Å². The molecule has 20 heavy (non-hydrogen) atoms. The number of primary amides is 1. The highest BCUT2D eigenvalue weighted by Crippen LogP contribution is 2.25. The lowest BCUT2D eigenvalue weighted by Gasteiger charge is -2.09. The molecular weight excluding hydrogens is 280 g/mol. The van der Waals surface area contributed by atoms with Crippen molar-refractivity contribution < 1.29 is 14.3 Å². The molecule has 5 nitrogen and oxygen atoms in total. The molecule has 0 bridgehead atoms. The van der Waals surface area contributed by atoms with Crippen LogP contribution in [-0.2, 0) is 16.0 Å². The summed E-state index contributed by atoms with van der Waals surface area (Å²) in [4.78, 5) is 21.5. The second-order valence-electron chi connectivity index (χ2n) is 4.34. The highest BCUT2D eigenvalue weighted by molar-refractivity contribution is 6.34. The highest BCUT2D eigenvalue weighted by Gasteiger charge is 2.07. The number of hydrogen-bond donors (Lipinski definition) is 2. The molecule has 0 fully saturated rings. The van der Waals surface area contributed by atoms with E-state index in [1.807, 2.05) is 12.1 Å². The van der Waals surface area contributed by atoms with Crippen molar-refractivity contribution in [2.24, 2.45) is 5.73 Å². The van der Waals surface area contributed by atoms with Gasteiger partial charge in [0.25, 0.3) is 0 Å². The van der Waals surface area contributed by atoms with Crippen LogP contribution in [0.1, 0.15) is 25.3 Å². The van der Waals surface area contributed by atoms with Crippen molar-refractivity contribution in [3.8, 4) is 5.75 Å². The molecule has 0 saturated carbocycles. The molecule has 0 aliphatic carbocycles. The van der Waals surface area contributed by atoms with E-state index in [0.717, 1.165) is 18.4 Å². The van der Waals surface area contributed by atoms with Gasteiger partial charge in [-0.2, -0.15) is 0 Å². The maximum atomic E-state index is 11.0. The van der Waals surface area contributed by atoms with E-state index in [1.165, 1.54) is 0 Å². The number of benzene rings is 1. The Morgan fingerprint density at radius 1 is 1.40 bits per heavy atom. The number of halogens is 1. The summed E-state index contributed by atoms with van der Waals surface area (Å²) in [7, 11) is 0. The number of nitrogens with one attached hydrogen (secondary N) is 1. The Morgan fingerprint density at radius 2 is 2.15 bits per heavy atom. The number of unbranched alkanes of at least 4 members (excludes halogenated alkanes) is 1. The first-order valence-corrected chi connectivity index (χ1v) is 6.91. The minimum atomic E-state index is -0.984. The maximum absolute atomic E-state index is 11.0. The van der Waals surface area contributed by atoms with Crippen molar-refractivity contribution in [3.63, 3.8) is 0 Å². The number of nitrogens with two attached hydrogens (primary N) is 1. The van der Waals surface area contributed by atoms with E-state index in [0.29, 0.717) is 30.3 Å². The quantitative estimate of drug-likeness (QED) is 0.593. The number of carbonyl (C=O) groups is 2. The zero-order chi connectivity index (χ0) is 15.0. The summed E-state index contributed by atoms with van der Waals surface area (Å²) in [5, 5.41) is 2.96.